The van der Waals surface area contributed by atoms with E-state index in [0.29, 0.717) is 5.69 Å². The lowest BCUT2D eigenvalue weighted by Crippen LogP contribution is -1.80. The van der Waals surface area contributed by atoms with Crippen LogP contribution in [-0.4, -0.2) is 9.97 Å². The van der Waals surface area contributed by atoms with Gasteiger partial charge in [0, 0.05) is 20.8 Å². The van der Waals surface area contributed by atoms with Gasteiger partial charge in [0.15, 0.2) is 0 Å². The molecule has 0 spiro atoms. The Morgan fingerprint density at radius 2 is 2.00 bits per heavy atom. The number of nitrogens with one attached hydrogen (secondary N) is 1. The molecule has 3 aromatic rings. The summed E-state index contributed by atoms with van der Waals surface area (Å²) in [4.78, 5) is 7.30. The number of aromatic amines is 1. The van der Waals surface area contributed by atoms with E-state index in [1.807, 2.05) is 18.2 Å². The van der Waals surface area contributed by atoms with E-state index < -0.39 is 0 Å². The van der Waals surface area contributed by atoms with E-state index in [1.165, 1.54) is 0 Å². The molecule has 0 fully saturated rings. The molecule has 0 atom stereocenters. The fourth-order valence-electron chi connectivity index (χ4n) is 1.83. The molecule has 3 rings (SSSR count). The van der Waals surface area contributed by atoms with Crippen molar-refractivity contribution in [2.24, 2.45) is 0 Å². The van der Waals surface area contributed by atoms with Gasteiger partial charge >= 0.3 is 0 Å². The number of H-pyrrole nitrogens is 1. The van der Waals surface area contributed by atoms with Crippen molar-refractivity contribution < 1.29 is 0 Å². The third-order valence-corrected chi connectivity index (χ3v) is 3.05. The van der Waals surface area contributed by atoms with Crippen molar-refractivity contribution in [1.29, 1.82) is 5.26 Å². The van der Waals surface area contributed by atoms with E-state index in [2.05, 4.69) is 32.0 Å². The van der Waals surface area contributed by atoms with Gasteiger partial charge in [0.05, 0.1) is 11.7 Å². The lowest BCUT2D eigenvalue weighted by atomic mass is 10.2. The molecule has 1 aromatic carbocycles. The minimum Gasteiger partial charge on any atom is -0.353 e. The second-order valence-corrected chi connectivity index (χ2v) is 4.46. The van der Waals surface area contributed by atoms with E-state index in [0.717, 1.165) is 26.3 Å². The number of benzene rings is 1. The van der Waals surface area contributed by atoms with Crippen LogP contribution in [0.3, 0.4) is 0 Å². The minimum atomic E-state index is 0.438. The number of nitriles is 1. The molecule has 0 unspecified atom stereocenters. The third kappa shape index (κ3) is 1.29. The highest BCUT2D eigenvalue weighted by Crippen LogP contribution is 2.27. The van der Waals surface area contributed by atoms with Crippen LogP contribution in [-0.2, 0) is 0 Å². The Kier molecular flexibility index (Phi) is 1.95. The molecule has 16 heavy (non-hydrogen) atoms. The lowest BCUT2D eigenvalue weighted by Gasteiger charge is -1.92. The van der Waals surface area contributed by atoms with E-state index >= 15 is 0 Å². The number of rotatable bonds is 0. The number of pyridine rings is 1. The first kappa shape index (κ1) is 9.37. The summed E-state index contributed by atoms with van der Waals surface area (Å²) in [6.07, 6.45) is 1.70. The van der Waals surface area contributed by atoms with Gasteiger partial charge in [-0.25, -0.2) is 4.98 Å². The maximum absolute atomic E-state index is 8.83. The summed E-state index contributed by atoms with van der Waals surface area (Å²) >= 11 is 3.44. The van der Waals surface area contributed by atoms with Gasteiger partial charge in [-0.15, -0.1) is 0 Å². The van der Waals surface area contributed by atoms with Crippen LogP contribution in [0.1, 0.15) is 5.69 Å². The molecule has 76 valence electrons. The van der Waals surface area contributed by atoms with Crippen molar-refractivity contribution in [3.63, 3.8) is 0 Å². The standard InChI is InChI=1S/C12H6BrN3/c13-7-1-2-11-9(3-7)10-4-8(5-14)15-6-12(10)16-11/h1-4,6,16H. The number of hydrogen-bond donors (Lipinski definition) is 1. The van der Waals surface area contributed by atoms with Crippen LogP contribution < -0.4 is 0 Å². The lowest BCUT2D eigenvalue weighted by molar-refractivity contribution is 1.28. The minimum absolute atomic E-state index is 0.438. The van der Waals surface area contributed by atoms with Crippen LogP contribution in [0.2, 0.25) is 0 Å². The average molecular weight is 272 g/mol. The summed E-state index contributed by atoms with van der Waals surface area (Å²) in [5.41, 5.74) is 2.44. The smallest absolute Gasteiger partial charge is 0.141 e. The predicted molar refractivity (Wildman–Crippen MR) is 66.0 cm³/mol. The van der Waals surface area contributed by atoms with Gasteiger partial charge < -0.3 is 4.98 Å². The molecular formula is C12H6BrN3. The molecule has 2 aromatic heterocycles. The van der Waals surface area contributed by atoms with Crippen LogP contribution in [0, 0.1) is 11.3 Å². The van der Waals surface area contributed by atoms with E-state index in [4.69, 9.17) is 5.26 Å². The SMILES string of the molecule is N#Cc1cc2c(cn1)[nH]c1ccc(Br)cc12. The molecule has 0 saturated heterocycles. The Bertz CT molecular complexity index is 737. The monoisotopic (exact) mass is 271 g/mol. The quantitative estimate of drug-likeness (QED) is 0.682. The van der Waals surface area contributed by atoms with Crippen molar-refractivity contribution in [1.82, 2.24) is 9.97 Å². The first-order chi connectivity index (χ1) is 7.78. The molecular weight excluding hydrogens is 266 g/mol. The Labute approximate surface area is 99.8 Å². The van der Waals surface area contributed by atoms with Gasteiger partial charge in [-0.2, -0.15) is 5.26 Å². The van der Waals surface area contributed by atoms with Crippen molar-refractivity contribution in [2.45, 2.75) is 0 Å². The second kappa shape index (κ2) is 3.32. The second-order valence-electron chi connectivity index (χ2n) is 3.54. The molecule has 0 bridgehead atoms. The zero-order valence-electron chi connectivity index (χ0n) is 8.16. The van der Waals surface area contributed by atoms with Gasteiger partial charge in [-0.3, -0.25) is 0 Å². The summed E-state index contributed by atoms with van der Waals surface area (Å²) in [6, 6.07) is 9.88. The predicted octanol–water partition coefficient (Wildman–Crippen LogP) is 3.35. The summed E-state index contributed by atoms with van der Waals surface area (Å²) in [5.74, 6) is 0. The van der Waals surface area contributed by atoms with Crippen LogP contribution >= 0.6 is 15.9 Å². The molecule has 0 aliphatic rings. The van der Waals surface area contributed by atoms with Crippen LogP contribution in [0.5, 0.6) is 0 Å². The zero-order chi connectivity index (χ0) is 11.1. The fraction of sp³-hybridized carbons (Fsp3) is 0. The number of fused-ring (bicyclic) bond motifs is 3. The maximum Gasteiger partial charge on any atom is 0.141 e. The normalized spacial score (nSPS) is 10.8. The number of hydrogen-bond acceptors (Lipinski definition) is 2. The highest BCUT2D eigenvalue weighted by molar-refractivity contribution is 9.10. The first-order valence-electron chi connectivity index (χ1n) is 4.75. The summed E-state index contributed by atoms with van der Waals surface area (Å²) < 4.78 is 1.02. The Balaban J connectivity index is 2.50. The molecule has 2 heterocycles. The highest BCUT2D eigenvalue weighted by Gasteiger charge is 2.05. The molecule has 1 N–H and O–H groups in total. The van der Waals surface area contributed by atoms with Crippen molar-refractivity contribution >= 4 is 37.7 Å². The van der Waals surface area contributed by atoms with E-state index in [1.54, 1.807) is 12.3 Å². The van der Waals surface area contributed by atoms with Gasteiger partial charge in [-0.05, 0) is 24.3 Å². The average Bonchev–Trinajstić information content (AvgIpc) is 2.66. The van der Waals surface area contributed by atoms with E-state index in [9.17, 15) is 0 Å². The van der Waals surface area contributed by atoms with Gasteiger partial charge in [0.25, 0.3) is 0 Å². The largest absolute Gasteiger partial charge is 0.353 e. The molecule has 0 saturated carbocycles. The van der Waals surface area contributed by atoms with Crippen LogP contribution in [0.4, 0.5) is 0 Å². The number of aromatic nitrogens is 2. The van der Waals surface area contributed by atoms with E-state index in [-0.39, 0.29) is 0 Å². The van der Waals surface area contributed by atoms with Crippen molar-refractivity contribution in [3.05, 3.63) is 40.6 Å². The molecule has 4 heteroatoms. The Morgan fingerprint density at radius 3 is 2.81 bits per heavy atom. The number of nitrogens with zero attached hydrogens (tertiary/aromatic N) is 2. The van der Waals surface area contributed by atoms with Crippen LogP contribution in [0.15, 0.2) is 34.9 Å². The Morgan fingerprint density at radius 1 is 1.19 bits per heavy atom. The molecule has 0 aliphatic heterocycles. The van der Waals surface area contributed by atoms with Gasteiger partial charge in [-0.1, -0.05) is 15.9 Å². The van der Waals surface area contributed by atoms with Crippen molar-refractivity contribution in [2.75, 3.05) is 0 Å². The topological polar surface area (TPSA) is 52.5 Å². The number of halogens is 1. The van der Waals surface area contributed by atoms with Gasteiger partial charge in [0.1, 0.15) is 11.8 Å². The molecule has 0 aliphatic carbocycles. The molecule has 3 nitrogen and oxygen atoms in total. The zero-order valence-corrected chi connectivity index (χ0v) is 9.75. The highest BCUT2D eigenvalue weighted by atomic mass is 79.9. The Hall–Kier alpha value is -1.86. The van der Waals surface area contributed by atoms with Gasteiger partial charge in [0.2, 0.25) is 0 Å². The summed E-state index contributed by atoms with van der Waals surface area (Å²) in [5, 5.41) is 11.0. The van der Waals surface area contributed by atoms with Crippen molar-refractivity contribution in [3.8, 4) is 6.07 Å². The fourth-order valence-corrected chi connectivity index (χ4v) is 2.19. The van der Waals surface area contributed by atoms with Crippen LogP contribution in [0.25, 0.3) is 21.8 Å². The third-order valence-electron chi connectivity index (χ3n) is 2.56. The summed E-state index contributed by atoms with van der Waals surface area (Å²) in [7, 11) is 0. The molecule has 0 radical (unpaired) electrons. The first-order valence-corrected chi connectivity index (χ1v) is 5.54. The maximum atomic E-state index is 8.83. The summed E-state index contributed by atoms with van der Waals surface area (Å²) in [6.45, 7) is 0. The molecule has 0 amide bonds.